The van der Waals surface area contributed by atoms with Crippen molar-refractivity contribution < 1.29 is 0 Å². The van der Waals surface area contributed by atoms with Gasteiger partial charge in [-0.15, -0.1) is 0 Å². The lowest BCUT2D eigenvalue weighted by Crippen LogP contribution is -1.99. The van der Waals surface area contributed by atoms with E-state index in [1.807, 2.05) is 0 Å². The highest BCUT2D eigenvalue weighted by Crippen LogP contribution is 2.39. The van der Waals surface area contributed by atoms with E-state index in [0.717, 1.165) is 12.1 Å². The molecule has 0 radical (unpaired) electrons. The molecule has 0 bridgehead atoms. The van der Waals surface area contributed by atoms with Gasteiger partial charge in [0.2, 0.25) is 0 Å². The van der Waals surface area contributed by atoms with Crippen LogP contribution in [-0.4, -0.2) is 4.57 Å². The zero-order valence-electron chi connectivity index (χ0n) is 27.2. The van der Waals surface area contributed by atoms with Crippen LogP contribution in [-0.2, 0) is 0 Å². The molecule has 8 aromatic rings. The van der Waals surface area contributed by atoms with Gasteiger partial charge in [0.25, 0.3) is 0 Å². The fourth-order valence-electron chi connectivity index (χ4n) is 7.41. The summed E-state index contributed by atoms with van der Waals surface area (Å²) in [5, 5.41) is 2.52. The Kier molecular flexibility index (Phi) is 7.37. The summed E-state index contributed by atoms with van der Waals surface area (Å²) in [6, 6.07) is 63.9. The minimum absolute atomic E-state index is 0.380. The predicted molar refractivity (Wildman–Crippen MR) is 208 cm³/mol. The van der Waals surface area contributed by atoms with E-state index in [4.69, 9.17) is 0 Å². The Labute approximate surface area is 287 Å². The van der Waals surface area contributed by atoms with Crippen molar-refractivity contribution in [2.24, 2.45) is 0 Å². The summed E-state index contributed by atoms with van der Waals surface area (Å²) in [5.41, 5.74) is 14.8. The summed E-state index contributed by atoms with van der Waals surface area (Å²) < 4.78 is 2.42. The van der Waals surface area contributed by atoms with Gasteiger partial charge in [0.05, 0.1) is 11.0 Å². The zero-order chi connectivity index (χ0) is 32.6. The molecule has 1 aliphatic carbocycles. The third-order valence-electron chi connectivity index (χ3n) is 9.93. The number of allylic oxidation sites excluding steroid dienone is 4. The van der Waals surface area contributed by atoms with E-state index >= 15 is 0 Å². The molecular formula is C48H35N. The molecule has 1 atom stereocenters. The number of nitrogens with zero attached hydrogens (tertiary/aromatic N) is 1. The van der Waals surface area contributed by atoms with Crippen molar-refractivity contribution in [1.29, 1.82) is 0 Å². The second kappa shape index (κ2) is 12.4. The summed E-state index contributed by atoms with van der Waals surface area (Å²) in [6.45, 7) is 0. The maximum atomic E-state index is 2.44. The molecule has 1 heterocycles. The summed E-state index contributed by atoms with van der Waals surface area (Å²) >= 11 is 0. The van der Waals surface area contributed by atoms with Crippen molar-refractivity contribution >= 4 is 27.4 Å². The third kappa shape index (κ3) is 5.50. The van der Waals surface area contributed by atoms with E-state index in [9.17, 15) is 0 Å². The number of fused-ring (bicyclic) bond motifs is 3. The van der Waals surface area contributed by atoms with Crippen LogP contribution < -0.4 is 0 Å². The molecule has 1 heteroatoms. The molecule has 1 unspecified atom stereocenters. The fourth-order valence-corrected chi connectivity index (χ4v) is 7.41. The predicted octanol–water partition coefficient (Wildman–Crippen LogP) is 12.9. The molecule has 1 nitrogen and oxygen atoms in total. The Morgan fingerprint density at radius 1 is 0.408 bits per heavy atom. The van der Waals surface area contributed by atoms with Crippen LogP contribution in [0.15, 0.2) is 194 Å². The van der Waals surface area contributed by atoms with Crippen LogP contribution in [0, 0.1) is 0 Å². The molecule has 7 aromatic carbocycles. The van der Waals surface area contributed by atoms with Crippen molar-refractivity contribution in [2.45, 2.75) is 12.3 Å². The Balaban J connectivity index is 1.20. The van der Waals surface area contributed by atoms with Gasteiger partial charge in [0.15, 0.2) is 0 Å². The minimum atomic E-state index is 0.380. The van der Waals surface area contributed by atoms with Crippen LogP contribution in [0.1, 0.15) is 23.5 Å². The standard InChI is InChI=1S/C48H35N/c1-4-12-34(13-5-1)37-22-26-44(27-23-37)49-47-28-24-42(40-20-10-18-38(30-40)35-14-6-2-7-15-35)32-45(47)46-33-43(25-29-48(46)49)41-21-11-19-39(31-41)36-16-8-3-9-17-36/h1-18,20-33,39H,19H2. The van der Waals surface area contributed by atoms with Gasteiger partial charge in [-0.1, -0.05) is 152 Å². The van der Waals surface area contributed by atoms with Crippen LogP contribution in [0.3, 0.4) is 0 Å². The third-order valence-corrected chi connectivity index (χ3v) is 9.93. The van der Waals surface area contributed by atoms with Gasteiger partial charge in [0.1, 0.15) is 0 Å². The van der Waals surface area contributed by atoms with Gasteiger partial charge in [-0.3, -0.25) is 0 Å². The molecule has 0 spiro atoms. The normalized spacial score (nSPS) is 14.3. The number of hydrogen-bond acceptors (Lipinski definition) is 0. The van der Waals surface area contributed by atoms with Crippen LogP contribution >= 0.6 is 0 Å². The van der Waals surface area contributed by atoms with Crippen molar-refractivity contribution in [3.8, 4) is 39.1 Å². The van der Waals surface area contributed by atoms with Crippen LogP contribution in [0.5, 0.6) is 0 Å². The summed E-state index contributed by atoms with van der Waals surface area (Å²) in [4.78, 5) is 0. The van der Waals surface area contributed by atoms with Gasteiger partial charge < -0.3 is 4.57 Å². The molecule has 1 aromatic heterocycles. The Morgan fingerprint density at radius 2 is 0.898 bits per heavy atom. The average molecular weight is 626 g/mol. The second-order valence-corrected chi connectivity index (χ2v) is 12.9. The van der Waals surface area contributed by atoms with E-state index in [1.165, 1.54) is 71.9 Å². The molecule has 1 aliphatic rings. The van der Waals surface area contributed by atoms with E-state index in [1.54, 1.807) is 0 Å². The molecule has 0 N–H and O–H groups in total. The quantitative estimate of drug-likeness (QED) is 0.173. The first-order valence-corrected chi connectivity index (χ1v) is 17.1. The lowest BCUT2D eigenvalue weighted by molar-refractivity contribution is 0.857. The topological polar surface area (TPSA) is 4.93 Å². The smallest absolute Gasteiger partial charge is 0.0541 e. The van der Waals surface area contributed by atoms with E-state index in [2.05, 4.69) is 199 Å². The van der Waals surface area contributed by atoms with E-state index in [-0.39, 0.29) is 0 Å². The van der Waals surface area contributed by atoms with Crippen molar-refractivity contribution in [3.05, 3.63) is 205 Å². The highest BCUT2D eigenvalue weighted by molar-refractivity contribution is 6.11. The van der Waals surface area contributed by atoms with Gasteiger partial charge in [0, 0.05) is 22.4 Å². The molecule has 232 valence electrons. The van der Waals surface area contributed by atoms with Crippen LogP contribution in [0.25, 0.3) is 66.4 Å². The first kappa shape index (κ1) is 29.0. The number of hydrogen-bond donors (Lipinski definition) is 0. The van der Waals surface area contributed by atoms with Crippen LogP contribution in [0.2, 0.25) is 0 Å². The van der Waals surface area contributed by atoms with Crippen molar-refractivity contribution in [1.82, 2.24) is 4.57 Å². The molecule has 0 saturated heterocycles. The fraction of sp³-hybridized carbons (Fsp3) is 0.0417. The summed E-state index contributed by atoms with van der Waals surface area (Å²) in [7, 11) is 0. The highest BCUT2D eigenvalue weighted by Gasteiger charge is 2.17. The van der Waals surface area contributed by atoms with E-state index < -0.39 is 0 Å². The Morgan fingerprint density at radius 3 is 1.57 bits per heavy atom. The summed E-state index contributed by atoms with van der Waals surface area (Å²) in [5.74, 6) is 0.380. The monoisotopic (exact) mass is 625 g/mol. The minimum Gasteiger partial charge on any atom is -0.309 e. The number of aromatic nitrogens is 1. The molecule has 49 heavy (non-hydrogen) atoms. The largest absolute Gasteiger partial charge is 0.309 e. The molecule has 0 fully saturated rings. The molecule has 0 saturated carbocycles. The number of benzene rings is 7. The molecule has 9 rings (SSSR count). The molecular weight excluding hydrogens is 591 g/mol. The maximum absolute atomic E-state index is 2.44. The zero-order valence-corrected chi connectivity index (χ0v) is 27.2. The van der Waals surface area contributed by atoms with Crippen molar-refractivity contribution in [3.63, 3.8) is 0 Å². The summed E-state index contributed by atoms with van der Waals surface area (Å²) in [6.07, 6.45) is 8.09. The molecule has 0 amide bonds. The average Bonchev–Trinajstić information content (AvgIpc) is 3.52. The Bertz CT molecular complexity index is 2480. The highest BCUT2D eigenvalue weighted by atomic mass is 15.0. The van der Waals surface area contributed by atoms with Gasteiger partial charge in [-0.05, 0) is 99.0 Å². The first-order valence-electron chi connectivity index (χ1n) is 17.1. The number of rotatable bonds is 6. The SMILES string of the molecule is C1=CC(c2ccc3c(c2)c2cc(-c4cccc(-c5ccccc5)c4)ccc2n3-c2ccc(-c3ccccc3)cc2)=CC(c2ccccc2)C1. The second-order valence-electron chi connectivity index (χ2n) is 12.9. The Hall–Kier alpha value is -6.18. The van der Waals surface area contributed by atoms with Crippen LogP contribution in [0.4, 0.5) is 0 Å². The van der Waals surface area contributed by atoms with Crippen molar-refractivity contribution in [2.75, 3.05) is 0 Å². The van der Waals surface area contributed by atoms with E-state index in [0.29, 0.717) is 5.92 Å². The maximum Gasteiger partial charge on any atom is 0.0541 e. The van der Waals surface area contributed by atoms with Gasteiger partial charge >= 0.3 is 0 Å². The van der Waals surface area contributed by atoms with Gasteiger partial charge in [-0.2, -0.15) is 0 Å². The first-order chi connectivity index (χ1) is 24.3. The molecule has 0 aliphatic heterocycles. The lowest BCUT2D eigenvalue weighted by Gasteiger charge is -2.17. The van der Waals surface area contributed by atoms with Gasteiger partial charge in [-0.25, -0.2) is 0 Å². The lowest BCUT2D eigenvalue weighted by atomic mass is 9.87.